The number of ether oxygens (including phenoxy) is 1. The zero-order valence-corrected chi connectivity index (χ0v) is 15.0. The second-order valence-electron chi connectivity index (χ2n) is 7.51. The molecule has 2 aliphatic heterocycles. The number of hydrogen-bond acceptors (Lipinski definition) is 3. The SMILES string of the molecule is CCC1(CO)CCN(C(=O)C2(c3ccc(F)cc3)CCOCC2)CC1. The van der Waals surface area contributed by atoms with E-state index in [9.17, 15) is 14.3 Å². The molecule has 0 bridgehead atoms. The molecule has 1 aromatic rings. The maximum Gasteiger partial charge on any atom is 0.233 e. The van der Waals surface area contributed by atoms with E-state index in [1.165, 1.54) is 12.1 Å². The summed E-state index contributed by atoms with van der Waals surface area (Å²) in [5.41, 5.74) is 0.226. The molecule has 4 nitrogen and oxygen atoms in total. The number of hydrogen-bond donors (Lipinski definition) is 1. The summed E-state index contributed by atoms with van der Waals surface area (Å²) >= 11 is 0. The Morgan fingerprint density at radius 1 is 1.16 bits per heavy atom. The maximum atomic E-state index is 13.5. The highest BCUT2D eigenvalue weighted by Gasteiger charge is 2.45. The molecule has 2 saturated heterocycles. The normalized spacial score (nSPS) is 22.6. The monoisotopic (exact) mass is 349 g/mol. The molecule has 0 spiro atoms. The van der Waals surface area contributed by atoms with Crippen molar-refractivity contribution in [1.82, 2.24) is 4.90 Å². The smallest absolute Gasteiger partial charge is 0.233 e. The van der Waals surface area contributed by atoms with Crippen LogP contribution in [0.5, 0.6) is 0 Å². The number of rotatable bonds is 4. The summed E-state index contributed by atoms with van der Waals surface area (Å²) in [5, 5.41) is 9.71. The number of amides is 1. The number of nitrogens with zero attached hydrogens (tertiary/aromatic N) is 1. The quantitative estimate of drug-likeness (QED) is 0.909. The number of carbonyl (C=O) groups excluding carboxylic acids is 1. The minimum atomic E-state index is -0.614. The molecule has 0 aliphatic carbocycles. The largest absolute Gasteiger partial charge is 0.396 e. The number of benzene rings is 1. The number of aliphatic hydroxyl groups excluding tert-OH is 1. The molecule has 0 unspecified atom stereocenters. The first-order valence-electron chi connectivity index (χ1n) is 9.29. The summed E-state index contributed by atoms with van der Waals surface area (Å²) in [4.78, 5) is 15.4. The first kappa shape index (κ1) is 18.3. The highest BCUT2D eigenvalue weighted by molar-refractivity contribution is 5.88. The summed E-state index contributed by atoms with van der Waals surface area (Å²) in [5.74, 6) is -0.155. The van der Waals surface area contributed by atoms with E-state index < -0.39 is 5.41 Å². The van der Waals surface area contributed by atoms with Gasteiger partial charge in [-0.25, -0.2) is 4.39 Å². The molecule has 138 valence electrons. The van der Waals surface area contributed by atoms with Crippen molar-refractivity contribution in [3.63, 3.8) is 0 Å². The standard InChI is InChI=1S/C20H28FNO3/c1-2-19(15-23)7-11-22(12-8-19)18(24)20(9-13-25-14-10-20)16-3-5-17(21)6-4-16/h3-6,23H,2,7-15H2,1H3. The van der Waals surface area contributed by atoms with Gasteiger partial charge in [-0.1, -0.05) is 19.1 Å². The lowest BCUT2D eigenvalue weighted by Crippen LogP contribution is -2.53. The Bertz CT molecular complexity index is 581. The lowest BCUT2D eigenvalue weighted by atomic mass is 9.71. The van der Waals surface area contributed by atoms with Crippen LogP contribution in [0.3, 0.4) is 0 Å². The molecular formula is C20H28FNO3. The lowest BCUT2D eigenvalue weighted by Gasteiger charge is -2.45. The summed E-state index contributed by atoms with van der Waals surface area (Å²) in [7, 11) is 0. The van der Waals surface area contributed by atoms with Gasteiger partial charge < -0.3 is 14.7 Å². The predicted molar refractivity (Wildman–Crippen MR) is 93.8 cm³/mol. The van der Waals surface area contributed by atoms with Crippen LogP contribution >= 0.6 is 0 Å². The Morgan fingerprint density at radius 2 is 1.76 bits per heavy atom. The van der Waals surface area contributed by atoms with E-state index in [0.29, 0.717) is 39.1 Å². The van der Waals surface area contributed by atoms with E-state index in [0.717, 1.165) is 24.8 Å². The predicted octanol–water partition coefficient (Wildman–Crippen LogP) is 2.89. The molecule has 0 radical (unpaired) electrons. The van der Waals surface area contributed by atoms with Gasteiger partial charge in [0.05, 0.1) is 5.41 Å². The number of aliphatic hydroxyl groups is 1. The van der Waals surface area contributed by atoms with E-state index in [1.54, 1.807) is 12.1 Å². The second-order valence-corrected chi connectivity index (χ2v) is 7.51. The molecular weight excluding hydrogens is 321 g/mol. The van der Waals surface area contributed by atoms with Crippen LogP contribution in [0.4, 0.5) is 4.39 Å². The molecule has 1 N–H and O–H groups in total. The van der Waals surface area contributed by atoms with Gasteiger partial charge in [0, 0.05) is 32.9 Å². The van der Waals surface area contributed by atoms with Gasteiger partial charge in [-0.2, -0.15) is 0 Å². The minimum Gasteiger partial charge on any atom is -0.396 e. The van der Waals surface area contributed by atoms with Crippen molar-refractivity contribution < 1.29 is 19.0 Å². The van der Waals surface area contributed by atoms with Crippen molar-refractivity contribution in [2.24, 2.45) is 5.41 Å². The average molecular weight is 349 g/mol. The third-order valence-corrected chi connectivity index (χ3v) is 6.35. The topological polar surface area (TPSA) is 49.8 Å². The van der Waals surface area contributed by atoms with Crippen LogP contribution in [-0.4, -0.2) is 48.8 Å². The Labute approximate surface area is 149 Å². The molecule has 5 heteroatoms. The molecule has 0 atom stereocenters. The van der Waals surface area contributed by atoms with Crippen LogP contribution in [0.25, 0.3) is 0 Å². The summed E-state index contributed by atoms with van der Waals surface area (Å²) in [6.07, 6.45) is 3.87. The van der Waals surface area contributed by atoms with Gasteiger partial charge in [0.25, 0.3) is 0 Å². The Morgan fingerprint density at radius 3 is 2.28 bits per heavy atom. The minimum absolute atomic E-state index is 0.0461. The first-order chi connectivity index (χ1) is 12.1. The fourth-order valence-electron chi connectivity index (χ4n) is 4.23. The van der Waals surface area contributed by atoms with Crippen LogP contribution in [0, 0.1) is 11.2 Å². The van der Waals surface area contributed by atoms with E-state index in [4.69, 9.17) is 4.74 Å². The van der Waals surface area contributed by atoms with Crippen LogP contribution in [0.15, 0.2) is 24.3 Å². The van der Waals surface area contributed by atoms with Gasteiger partial charge in [0.1, 0.15) is 5.82 Å². The fourth-order valence-corrected chi connectivity index (χ4v) is 4.23. The van der Waals surface area contributed by atoms with E-state index in [-0.39, 0.29) is 23.7 Å². The van der Waals surface area contributed by atoms with E-state index in [1.807, 2.05) is 4.90 Å². The molecule has 3 rings (SSSR count). The van der Waals surface area contributed by atoms with E-state index in [2.05, 4.69) is 6.92 Å². The number of halogens is 1. The molecule has 0 aromatic heterocycles. The van der Waals surface area contributed by atoms with Crippen LogP contribution < -0.4 is 0 Å². The van der Waals surface area contributed by atoms with Crippen LogP contribution in [0.1, 0.15) is 44.6 Å². The zero-order valence-electron chi connectivity index (χ0n) is 15.0. The Balaban J connectivity index is 1.82. The Hall–Kier alpha value is -1.46. The van der Waals surface area contributed by atoms with E-state index >= 15 is 0 Å². The molecule has 2 fully saturated rings. The molecule has 0 saturated carbocycles. The summed E-state index contributed by atoms with van der Waals surface area (Å²) < 4.78 is 18.9. The van der Waals surface area contributed by atoms with Gasteiger partial charge >= 0.3 is 0 Å². The molecule has 2 aliphatic rings. The number of carbonyl (C=O) groups is 1. The molecule has 1 amide bonds. The summed E-state index contributed by atoms with van der Waals surface area (Å²) in [6.45, 7) is 4.74. The number of piperidine rings is 1. The summed E-state index contributed by atoms with van der Waals surface area (Å²) in [6, 6.07) is 6.35. The highest BCUT2D eigenvalue weighted by Crippen LogP contribution is 2.40. The second kappa shape index (κ2) is 7.42. The Kier molecular flexibility index (Phi) is 5.44. The maximum absolute atomic E-state index is 13.5. The average Bonchev–Trinajstić information content (AvgIpc) is 2.68. The third kappa shape index (κ3) is 3.44. The van der Waals surface area contributed by atoms with Crippen LogP contribution in [-0.2, 0) is 14.9 Å². The van der Waals surface area contributed by atoms with Crippen molar-refractivity contribution in [3.05, 3.63) is 35.6 Å². The van der Waals surface area contributed by atoms with Gasteiger partial charge in [-0.15, -0.1) is 0 Å². The molecule has 2 heterocycles. The molecule has 25 heavy (non-hydrogen) atoms. The van der Waals surface area contributed by atoms with Crippen molar-refractivity contribution in [3.8, 4) is 0 Å². The van der Waals surface area contributed by atoms with Crippen LogP contribution in [0.2, 0.25) is 0 Å². The fraction of sp³-hybridized carbons (Fsp3) is 0.650. The zero-order chi connectivity index (χ0) is 17.9. The number of likely N-dealkylation sites (tertiary alicyclic amines) is 1. The lowest BCUT2D eigenvalue weighted by molar-refractivity contribution is -0.144. The molecule has 1 aromatic carbocycles. The van der Waals surface area contributed by atoms with Gasteiger partial charge in [0.2, 0.25) is 5.91 Å². The van der Waals surface area contributed by atoms with Gasteiger partial charge in [-0.05, 0) is 55.2 Å². The highest BCUT2D eigenvalue weighted by atomic mass is 19.1. The van der Waals surface area contributed by atoms with Crippen molar-refractivity contribution >= 4 is 5.91 Å². The third-order valence-electron chi connectivity index (χ3n) is 6.35. The van der Waals surface area contributed by atoms with Crippen molar-refractivity contribution in [2.45, 2.75) is 44.4 Å². The first-order valence-corrected chi connectivity index (χ1v) is 9.29. The van der Waals surface area contributed by atoms with Gasteiger partial charge in [0.15, 0.2) is 0 Å². The van der Waals surface area contributed by atoms with Gasteiger partial charge in [-0.3, -0.25) is 4.79 Å². The van der Waals surface area contributed by atoms with Crippen molar-refractivity contribution in [1.29, 1.82) is 0 Å². The van der Waals surface area contributed by atoms with Crippen molar-refractivity contribution in [2.75, 3.05) is 32.9 Å².